The lowest BCUT2D eigenvalue weighted by Crippen LogP contribution is -2.44. The van der Waals surface area contributed by atoms with Crippen molar-refractivity contribution in [3.63, 3.8) is 0 Å². The molecule has 114 valence electrons. The van der Waals surface area contributed by atoms with E-state index in [0.717, 1.165) is 6.61 Å². The molecule has 1 unspecified atom stereocenters. The molecular formula is C14H30O4Si. The molecule has 1 rings (SSSR count). The third-order valence-electron chi connectivity index (χ3n) is 3.96. The molecule has 1 aliphatic rings. The van der Waals surface area contributed by atoms with Crippen LogP contribution in [0.1, 0.15) is 34.6 Å². The normalized spacial score (nSPS) is 23.2. The molecule has 0 aromatic heterocycles. The largest absolute Gasteiger partial charge is 0.414 e. The van der Waals surface area contributed by atoms with Crippen LogP contribution in [0.15, 0.2) is 0 Å². The van der Waals surface area contributed by atoms with E-state index < -0.39 is 8.32 Å². The Labute approximate surface area is 118 Å². The third kappa shape index (κ3) is 5.51. The van der Waals surface area contributed by atoms with Crippen LogP contribution < -0.4 is 0 Å². The summed E-state index contributed by atoms with van der Waals surface area (Å²) in [6, 6.07) is 0. The lowest BCUT2D eigenvalue weighted by Gasteiger charge is -2.37. The molecular weight excluding hydrogens is 260 g/mol. The van der Waals surface area contributed by atoms with Gasteiger partial charge in [0, 0.05) is 6.61 Å². The van der Waals surface area contributed by atoms with Gasteiger partial charge in [0.2, 0.25) is 0 Å². The van der Waals surface area contributed by atoms with E-state index in [1.54, 1.807) is 0 Å². The van der Waals surface area contributed by atoms with Crippen molar-refractivity contribution in [3.8, 4) is 0 Å². The van der Waals surface area contributed by atoms with E-state index in [4.69, 9.17) is 18.6 Å². The second-order valence-electron chi connectivity index (χ2n) is 6.64. The average Bonchev–Trinajstić information content (AvgIpc) is 3.06. The molecule has 1 aliphatic heterocycles. The van der Waals surface area contributed by atoms with Crippen LogP contribution in [0.5, 0.6) is 0 Å². The van der Waals surface area contributed by atoms with Crippen LogP contribution in [-0.4, -0.2) is 46.6 Å². The SMILES string of the molecule is CCOC(C)O[C@@H](CO[Si](C)(C)C(C)(C)C)[C@H]1CO1. The number of hydrogen-bond donors (Lipinski definition) is 0. The van der Waals surface area contributed by atoms with Gasteiger partial charge in [-0.25, -0.2) is 0 Å². The molecule has 0 aromatic carbocycles. The predicted octanol–water partition coefficient (Wildman–Crippen LogP) is 3.17. The summed E-state index contributed by atoms with van der Waals surface area (Å²) >= 11 is 0. The van der Waals surface area contributed by atoms with E-state index in [1.165, 1.54) is 0 Å². The van der Waals surface area contributed by atoms with Crippen molar-refractivity contribution in [3.05, 3.63) is 0 Å². The average molecular weight is 290 g/mol. The highest BCUT2D eigenvalue weighted by molar-refractivity contribution is 6.74. The highest BCUT2D eigenvalue weighted by Crippen LogP contribution is 2.37. The van der Waals surface area contributed by atoms with Crippen LogP contribution in [0.4, 0.5) is 0 Å². The van der Waals surface area contributed by atoms with Gasteiger partial charge >= 0.3 is 0 Å². The van der Waals surface area contributed by atoms with Gasteiger partial charge in [-0.3, -0.25) is 0 Å². The minimum atomic E-state index is -1.73. The second-order valence-corrected chi connectivity index (χ2v) is 11.4. The number of rotatable bonds is 8. The van der Waals surface area contributed by atoms with Gasteiger partial charge in [0.15, 0.2) is 14.6 Å². The molecule has 5 heteroatoms. The van der Waals surface area contributed by atoms with E-state index in [0.29, 0.717) is 13.2 Å². The number of epoxide rings is 1. The first-order valence-electron chi connectivity index (χ1n) is 7.20. The highest BCUT2D eigenvalue weighted by Gasteiger charge is 2.41. The quantitative estimate of drug-likeness (QED) is 0.391. The van der Waals surface area contributed by atoms with Crippen molar-refractivity contribution < 1.29 is 18.6 Å². The fourth-order valence-electron chi connectivity index (χ4n) is 1.53. The maximum Gasteiger partial charge on any atom is 0.192 e. The summed E-state index contributed by atoms with van der Waals surface area (Å²) in [5, 5.41) is 0.216. The summed E-state index contributed by atoms with van der Waals surface area (Å²) in [5.74, 6) is 0. The summed E-state index contributed by atoms with van der Waals surface area (Å²) < 4.78 is 22.9. The predicted molar refractivity (Wildman–Crippen MR) is 78.9 cm³/mol. The van der Waals surface area contributed by atoms with Crippen molar-refractivity contribution in [1.82, 2.24) is 0 Å². The van der Waals surface area contributed by atoms with Crippen molar-refractivity contribution in [2.45, 2.75) is 71.2 Å². The van der Waals surface area contributed by atoms with Gasteiger partial charge in [0.25, 0.3) is 0 Å². The summed E-state index contributed by atoms with van der Waals surface area (Å²) in [6.07, 6.45) is -0.0504. The first-order valence-corrected chi connectivity index (χ1v) is 10.1. The molecule has 1 fully saturated rings. The van der Waals surface area contributed by atoms with Crippen LogP contribution in [0.3, 0.4) is 0 Å². The maximum atomic E-state index is 6.21. The molecule has 1 heterocycles. The smallest absolute Gasteiger partial charge is 0.192 e. The summed E-state index contributed by atoms with van der Waals surface area (Å²) in [6.45, 7) is 17.1. The first-order chi connectivity index (χ1) is 8.67. The second kappa shape index (κ2) is 6.67. The zero-order chi connectivity index (χ0) is 14.7. The number of ether oxygens (including phenoxy) is 3. The van der Waals surface area contributed by atoms with Crippen molar-refractivity contribution in [2.75, 3.05) is 19.8 Å². The fraction of sp³-hybridized carbons (Fsp3) is 1.00. The zero-order valence-electron chi connectivity index (χ0n) is 13.5. The Hall–Kier alpha value is 0.0569. The van der Waals surface area contributed by atoms with Crippen LogP contribution in [-0.2, 0) is 18.6 Å². The maximum absolute atomic E-state index is 6.21. The molecule has 0 N–H and O–H groups in total. The van der Waals surface area contributed by atoms with Crippen LogP contribution in [0, 0.1) is 0 Å². The minimum Gasteiger partial charge on any atom is -0.414 e. The van der Waals surface area contributed by atoms with Crippen LogP contribution in [0.2, 0.25) is 18.1 Å². The number of hydrogen-bond acceptors (Lipinski definition) is 4. The van der Waals surface area contributed by atoms with Crippen molar-refractivity contribution in [2.24, 2.45) is 0 Å². The van der Waals surface area contributed by atoms with E-state index in [2.05, 4.69) is 33.9 Å². The molecule has 0 aliphatic carbocycles. The van der Waals surface area contributed by atoms with Crippen LogP contribution >= 0.6 is 0 Å². The molecule has 19 heavy (non-hydrogen) atoms. The van der Waals surface area contributed by atoms with E-state index in [1.807, 2.05) is 13.8 Å². The van der Waals surface area contributed by atoms with Gasteiger partial charge in [-0.1, -0.05) is 20.8 Å². The Morgan fingerprint density at radius 2 is 1.89 bits per heavy atom. The molecule has 0 spiro atoms. The summed E-state index contributed by atoms with van der Waals surface area (Å²) in [5.41, 5.74) is 0. The molecule has 4 nitrogen and oxygen atoms in total. The topological polar surface area (TPSA) is 40.2 Å². The van der Waals surface area contributed by atoms with Gasteiger partial charge in [0.1, 0.15) is 12.2 Å². The van der Waals surface area contributed by atoms with E-state index >= 15 is 0 Å². The molecule has 0 radical (unpaired) electrons. The Morgan fingerprint density at radius 1 is 1.32 bits per heavy atom. The van der Waals surface area contributed by atoms with Crippen molar-refractivity contribution >= 4 is 8.32 Å². The Bertz CT molecular complexity index is 271. The van der Waals surface area contributed by atoms with Gasteiger partial charge in [-0.15, -0.1) is 0 Å². The molecule has 0 saturated carbocycles. The van der Waals surface area contributed by atoms with Gasteiger partial charge in [-0.05, 0) is 32.0 Å². The molecule has 0 aromatic rings. The van der Waals surface area contributed by atoms with Gasteiger partial charge < -0.3 is 18.6 Å². The molecule has 3 atom stereocenters. The third-order valence-corrected chi connectivity index (χ3v) is 8.46. The monoisotopic (exact) mass is 290 g/mol. The van der Waals surface area contributed by atoms with Crippen molar-refractivity contribution in [1.29, 1.82) is 0 Å². The van der Waals surface area contributed by atoms with Crippen LogP contribution in [0.25, 0.3) is 0 Å². The lowest BCUT2D eigenvalue weighted by molar-refractivity contribution is -0.169. The Balaban J connectivity index is 2.46. The van der Waals surface area contributed by atoms with Gasteiger partial charge in [0.05, 0.1) is 13.2 Å². The zero-order valence-corrected chi connectivity index (χ0v) is 14.5. The van der Waals surface area contributed by atoms with E-state index in [-0.39, 0.29) is 23.5 Å². The Morgan fingerprint density at radius 3 is 2.32 bits per heavy atom. The highest BCUT2D eigenvalue weighted by atomic mass is 28.4. The molecule has 1 saturated heterocycles. The summed E-state index contributed by atoms with van der Waals surface area (Å²) in [7, 11) is -1.73. The van der Waals surface area contributed by atoms with E-state index in [9.17, 15) is 0 Å². The van der Waals surface area contributed by atoms with Gasteiger partial charge in [-0.2, -0.15) is 0 Å². The fourth-order valence-corrected chi connectivity index (χ4v) is 2.55. The Kier molecular flexibility index (Phi) is 6.01. The standard InChI is InChI=1S/C14H30O4Si/c1-8-15-11(2)18-13(12-9-16-12)10-17-19(6,7)14(3,4)5/h11-13H,8-10H2,1-7H3/t11?,12-,13+/m1/s1. The minimum absolute atomic E-state index is 0.0179. The summed E-state index contributed by atoms with van der Waals surface area (Å²) in [4.78, 5) is 0. The first kappa shape index (κ1) is 17.1. The molecule has 0 amide bonds. The molecule has 0 bridgehead atoms. The lowest BCUT2D eigenvalue weighted by atomic mass is 10.2.